The van der Waals surface area contributed by atoms with Crippen LogP contribution in [0.3, 0.4) is 0 Å². The van der Waals surface area contributed by atoms with Crippen molar-refractivity contribution in [1.29, 1.82) is 0 Å². The third kappa shape index (κ3) is 12.6. The second-order valence-electron chi connectivity index (χ2n) is 16.0. The predicted molar refractivity (Wildman–Crippen MR) is 268 cm³/mol. The smallest absolute Gasteiger partial charge is 0.159 e. The van der Waals surface area contributed by atoms with E-state index < -0.39 is 0 Å². The van der Waals surface area contributed by atoms with E-state index in [2.05, 4.69) is 35.1 Å². The Morgan fingerprint density at radius 1 is 0.667 bits per heavy atom. The van der Waals surface area contributed by atoms with Gasteiger partial charge in [0.05, 0.1) is 37.2 Å². The molecule has 4 fully saturated rings. The number of anilines is 1. The molecule has 0 unspecified atom stereocenters. The second-order valence-corrected chi connectivity index (χ2v) is 18.4. The molecule has 2 aliphatic carbocycles. The van der Waals surface area contributed by atoms with E-state index >= 15 is 0 Å². The fraction of sp³-hybridized carbons (Fsp3) is 0.522. The number of hydrogen-bond acceptors (Lipinski definition) is 14. The van der Waals surface area contributed by atoms with Crippen LogP contribution in [0.25, 0.3) is 40.6 Å². The Bertz CT molecular complexity index is 2410. The van der Waals surface area contributed by atoms with Gasteiger partial charge in [0.15, 0.2) is 11.6 Å². The number of thiophene rings is 2. The number of benzene rings is 2. The van der Waals surface area contributed by atoms with Gasteiger partial charge in [0.1, 0.15) is 33.3 Å². The van der Waals surface area contributed by atoms with Gasteiger partial charge in [-0.2, -0.15) is 0 Å². The van der Waals surface area contributed by atoms with Crippen LogP contribution < -0.4 is 11.1 Å². The van der Waals surface area contributed by atoms with Crippen molar-refractivity contribution in [1.82, 2.24) is 29.7 Å². The molecule has 2 aromatic carbocycles. The number of hydrogen-bond donors (Lipinski definition) is 2. The zero-order chi connectivity index (χ0) is 40.9. The number of halogens is 3. The monoisotopic (exact) mass is 960 g/mol. The molecule has 4 aliphatic rings. The van der Waals surface area contributed by atoms with Gasteiger partial charge in [0.2, 0.25) is 0 Å². The third-order valence-corrected chi connectivity index (χ3v) is 14.7. The maximum absolute atomic E-state index is 11.9. The Morgan fingerprint density at radius 3 is 1.60 bits per heavy atom. The number of rotatable bonds is 6. The molecule has 6 aromatic rings. The highest BCUT2D eigenvalue weighted by molar-refractivity contribution is 7.26. The molecule has 2 aliphatic heterocycles. The van der Waals surface area contributed by atoms with Gasteiger partial charge in [0, 0.05) is 81.6 Å². The second kappa shape index (κ2) is 24.4. The van der Waals surface area contributed by atoms with Gasteiger partial charge in [-0.1, -0.05) is 26.5 Å². The highest BCUT2D eigenvalue weighted by Gasteiger charge is 2.28. The summed E-state index contributed by atoms with van der Waals surface area (Å²) in [6.45, 7) is 11.1. The van der Waals surface area contributed by atoms with Crippen molar-refractivity contribution in [3.05, 3.63) is 65.3 Å². The molecule has 17 heteroatoms. The zero-order valence-electron chi connectivity index (χ0n) is 34.6. The van der Waals surface area contributed by atoms with E-state index in [-0.39, 0.29) is 51.2 Å². The zero-order valence-corrected chi connectivity index (χ0v) is 38.7. The number of ketones is 2. The van der Waals surface area contributed by atoms with Gasteiger partial charge in [-0.3, -0.25) is 19.4 Å². The standard InChI is InChI=1S/C22H26N4O2S.C12H7ClN2OS.C10H20N2O.2CH4.2ClH/c1-14(27)15-2-7-19-18(12-15)20-21(23-13-24-22(20)29-19)25-16-3-5-17(6-4-16)26-8-10-28-11-9-26;1-6(16)7-2-3-9-8(4-7)10-11(13)14-5-15-12(10)17-9;11-9-1-3-10(4-2-9)12-5-7-13-8-6-12;;;;/h2,7,12-13,16-17H,3-6,8-11H2,1H3,(H,23,24,25);2-5H,1H3;9-10H,1-8,11H2;2*1H4;2*1H. The largest absolute Gasteiger partial charge is 0.379 e. The maximum atomic E-state index is 11.9. The van der Waals surface area contributed by atoms with Crippen LogP contribution in [-0.2, 0) is 9.47 Å². The molecule has 0 radical (unpaired) electrons. The first-order chi connectivity index (χ1) is 28.7. The van der Waals surface area contributed by atoms with Crippen LogP contribution in [-0.4, -0.2) is 118 Å². The van der Waals surface area contributed by atoms with Crippen LogP contribution in [0.5, 0.6) is 0 Å². The SMILES string of the molecule is C.C.CC(=O)c1ccc2sc3ncnc(Cl)c3c2c1.CC(=O)c1ccc2sc3ncnc(NC4CCC(N5CCOCC5)CC4)c3c2c1.Cl.Cl.NC1CCC(N2CCOCC2)CC1. The summed E-state index contributed by atoms with van der Waals surface area (Å²) in [5, 5.41) is 8.03. The summed E-state index contributed by atoms with van der Waals surface area (Å²) in [5.74, 6) is 1.02. The van der Waals surface area contributed by atoms with E-state index in [1.807, 2.05) is 36.4 Å². The highest BCUT2D eigenvalue weighted by atomic mass is 35.5. The number of morpholine rings is 2. The lowest BCUT2D eigenvalue weighted by molar-refractivity contribution is 0.00749. The predicted octanol–water partition coefficient (Wildman–Crippen LogP) is 10.5. The molecule has 12 nitrogen and oxygen atoms in total. The molecule has 2 saturated carbocycles. The first-order valence-electron chi connectivity index (χ1n) is 20.9. The minimum Gasteiger partial charge on any atom is -0.379 e. The number of nitrogens with one attached hydrogen (secondary N) is 1. The van der Waals surface area contributed by atoms with E-state index in [1.165, 1.54) is 44.9 Å². The van der Waals surface area contributed by atoms with Crippen LogP contribution in [0.15, 0.2) is 49.1 Å². The van der Waals surface area contributed by atoms with Crippen molar-refractivity contribution >= 4 is 117 Å². The number of fused-ring (bicyclic) bond motifs is 6. The van der Waals surface area contributed by atoms with Crippen molar-refractivity contribution in [3.8, 4) is 0 Å². The summed E-state index contributed by atoms with van der Waals surface area (Å²) in [6.07, 6.45) is 12.8. The topological polar surface area (TPSA) is 149 Å². The molecule has 3 N–H and O–H groups in total. The summed E-state index contributed by atoms with van der Waals surface area (Å²) >= 11 is 9.29. The molecule has 10 rings (SSSR count). The normalized spacial score (nSPS) is 21.6. The quantitative estimate of drug-likeness (QED) is 0.121. The van der Waals surface area contributed by atoms with Crippen molar-refractivity contribution < 1.29 is 19.1 Å². The minimum absolute atomic E-state index is 0. The number of Topliss-reactive ketones (excluding diaryl/α,β-unsaturated/α-hetero) is 2. The third-order valence-electron chi connectivity index (χ3n) is 12.2. The lowest BCUT2D eigenvalue weighted by Gasteiger charge is -2.39. The van der Waals surface area contributed by atoms with Crippen molar-refractivity contribution in [2.45, 2.75) is 104 Å². The maximum Gasteiger partial charge on any atom is 0.159 e. The van der Waals surface area contributed by atoms with Crippen molar-refractivity contribution in [3.63, 3.8) is 0 Å². The summed E-state index contributed by atoms with van der Waals surface area (Å²) in [7, 11) is 0. The molecular formula is C46H63Cl3N8O4S2. The average Bonchev–Trinajstić information content (AvgIpc) is 3.84. The number of nitrogens with two attached hydrogens (primary N) is 1. The summed E-state index contributed by atoms with van der Waals surface area (Å²) in [4.78, 5) is 47.5. The van der Waals surface area contributed by atoms with Crippen LogP contribution in [0, 0.1) is 0 Å². The summed E-state index contributed by atoms with van der Waals surface area (Å²) < 4.78 is 13.0. The molecule has 0 amide bonds. The Morgan fingerprint density at radius 2 is 1.11 bits per heavy atom. The molecule has 0 atom stereocenters. The Balaban J connectivity index is 0.000000220. The molecule has 0 bridgehead atoms. The van der Waals surface area contributed by atoms with E-state index in [1.54, 1.807) is 42.8 Å². The van der Waals surface area contributed by atoms with Gasteiger partial charge in [0.25, 0.3) is 0 Å². The van der Waals surface area contributed by atoms with Crippen LogP contribution in [0.4, 0.5) is 5.82 Å². The van der Waals surface area contributed by atoms with Gasteiger partial charge in [-0.25, -0.2) is 19.9 Å². The Labute approximate surface area is 396 Å². The van der Waals surface area contributed by atoms with Crippen LogP contribution >= 0.6 is 59.1 Å². The lowest BCUT2D eigenvalue weighted by Crippen LogP contribution is -2.46. The van der Waals surface area contributed by atoms with Crippen molar-refractivity contribution in [2.24, 2.45) is 5.73 Å². The molecule has 344 valence electrons. The number of aromatic nitrogens is 4. The summed E-state index contributed by atoms with van der Waals surface area (Å²) in [5.41, 5.74) is 7.30. The fourth-order valence-electron chi connectivity index (χ4n) is 8.86. The number of carbonyl (C=O) groups is 2. The Kier molecular flexibility index (Phi) is 20.3. The number of ether oxygens (including phenoxy) is 2. The number of nitrogens with zero attached hydrogens (tertiary/aromatic N) is 6. The lowest BCUT2D eigenvalue weighted by atomic mass is 9.90. The fourth-order valence-corrected chi connectivity index (χ4v) is 11.2. The van der Waals surface area contributed by atoms with E-state index in [0.717, 1.165) is 123 Å². The van der Waals surface area contributed by atoms with Crippen LogP contribution in [0.1, 0.15) is 101 Å². The van der Waals surface area contributed by atoms with Gasteiger partial charge in [-0.05, 0) is 102 Å². The minimum atomic E-state index is 0. The molecule has 6 heterocycles. The first kappa shape index (κ1) is 52.5. The van der Waals surface area contributed by atoms with Gasteiger partial charge < -0.3 is 20.5 Å². The number of carbonyl (C=O) groups excluding carboxylic acids is 2. The molecule has 63 heavy (non-hydrogen) atoms. The van der Waals surface area contributed by atoms with E-state index in [4.69, 9.17) is 26.8 Å². The highest BCUT2D eigenvalue weighted by Crippen LogP contribution is 2.38. The molecular weight excluding hydrogens is 899 g/mol. The first-order valence-corrected chi connectivity index (χ1v) is 22.9. The Hall–Kier alpha value is -3.15. The molecule has 0 spiro atoms. The van der Waals surface area contributed by atoms with E-state index in [0.29, 0.717) is 28.8 Å². The van der Waals surface area contributed by atoms with E-state index in [9.17, 15) is 9.59 Å². The summed E-state index contributed by atoms with van der Waals surface area (Å²) in [6, 6.07) is 13.9. The average molecular weight is 963 g/mol. The van der Waals surface area contributed by atoms with Gasteiger partial charge >= 0.3 is 0 Å². The molecule has 2 saturated heterocycles. The van der Waals surface area contributed by atoms with Crippen LogP contribution in [0.2, 0.25) is 5.15 Å². The van der Waals surface area contributed by atoms with Gasteiger partial charge in [-0.15, -0.1) is 47.5 Å². The molecule has 4 aromatic heterocycles. The van der Waals surface area contributed by atoms with Crippen molar-refractivity contribution in [2.75, 3.05) is 57.9 Å².